The minimum Gasteiger partial charge on any atom is -0.212 e. The SMILES string of the molecule is CC[P+](=O)OC[C@H]1C[C@@H](C)C(F)=C1C. The predicted molar refractivity (Wildman–Crippen MR) is 55.2 cm³/mol. The maximum absolute atomic E-state index is 13.3. The van der Waals surface area contributed by atoms with Gasteiger partial charge >= 0.3 is 8.03 Å². The topological polar surface area (TPSA) is 26.3 Å². The molecule has 0 N–H and O–H groups in total. The first-order valence-corrected chi connectivity index (χ1v) is 6.36. The molecule has 0 aliphatic heterocycles. The van der Waals surface area contributed by atoms with E-state index in [0.29, 0.717) is 12.8 Å². The molecule has 0 spiro atoms. The van der Waals surface area contributed by atoms with Crippen molar-refractivity contribution >= 4 is 8.03 Å². The average Bonchev–Trinajstić information content (AvgIpc) is 2.42. The molecule has 0 fully saturated rings. The second-order valence-corrected chi connectivity index (χ2v) is 5.37. The Morgan fingerprint density at radius 2 is 2.29 bits per heavy atom. The first-order valence-electron chi connectivity index (χ1n) is 5.00. The quantitative estimate of drug-likeness (QED) is 0.674. The molecule has 80 valence electrons. The Balaban J connectivity index is 2.45. The lowest BCUT2D eigenvalue weighted by Gasteiger charge is -2.06. The molecule has 0 radical (unpaired) electrons. The molecular formula is C10H17FO2P+. The summed E-state index contributed by atoms with van der Waals surface area (Å²) in [6.45, 7) is 5.89. The third kappa shape index (κ3) is 2.61. The first-order chi connectivity index (χ1) is 6.56. The summed E-state index contributed by atoms with van der Waals surface area (Å²) in [7, 11) is -1.54. The van der Waals surface area contributed by atoms with Gasteiger partial charge in [0.2, 0.25) is 0 Å². The number of halogens is 1. The molecule has 0 amide bonds. The van der Waals surface area contributed by atoms with Gasteiger partial charge in [-0.2, -0.15) is 0 Å². The van der Waals surface area contributed by atoms with Gasteiger partial charge in [0.1, 0.15) is 12.4 Å². The van der Waals surface area contributed by atoms with Gasteiger partial charge < -0.3 is 0 Å². The molecule has 0 aromatic heterocycles. The van der Waals surface area contributed by atoms with E-state index in [2.05, 4.69) is 0 Å². The summed E-state index contributed by atoms with van der Waals surface area (Å²) in [4.78, 5) is 0. The molecule has 4 heteroatoms. The summed E-state index contributed by atoms with van der Waals surface area (Å²) < 4.78 is 29.5. The molecule has 1 unspecified atom stereocenters. The average molecular weight is 219 g/mol. The molecule has 0 aromatic carbocycles. The molecule has 1 aliphatic carbocycles. The number of rotatable bonds is 4. The third-order valence-electron chi connectivity index (χ3n) is 2.74. The molecular weight excluding hydrogens is 202 g/mol. The van der Waals surface area contributed by atoms with Crippen molar-refractivity contribution in [3.05, 3.63) is 11.4 Å². The zero-order valence-corrected chi connectivity index (χ0v) is 9.81. The monoisotopic (exact) mass is 219 g/mol. The van der Waals surface area contributed by atoms with E-state index in [1.54, 1.807) is 6.92 Å². The Morgan fingerprint density at radius 3 is 2.71 bits per heavy atom. The van der Waals surface area contributed by atoms with E-state index in [4.69, 9.17) is 4.52 Å². The Morgan fingerprint density at radius 1 is 1.64 bits per heavy atom. The van der Waals surface area contributed by atoms with E-state index in [1.165, 1.54) is 0 Å². The van der Waals surface area contributed by atoms with E-state index >= 15 is 0 Å². The molecule has 0 aromatic rings. The highest BCUT2D eigenvalue weighted by Gasteiger charge is 2.31. The number of hydrogen-bond donors (Lipinski definition) is 0. The Labute approximate surface area is 85.4 Å². The van der Waals surface area contributed by atoms with Gasteiger partial charge in [-0.3, -0.25) is 0 Å². The van der Waals surface area contributed by atoms with Crippen molar-refractivity contribution in [2.75, 3.05) is 12.8 Å². The summed E-state index contributed by atoms with van der Waals surface area (Å²) in [5.41, 5.74) is 0.775. The molecule has 3 atom stereocenters. The van der Waals surface area contributed by atoms with E-state index in [9.17, 15) is 8.96 Å². The lowest BCUT2D eigenvalue weighted by molar-refractivity contribution is 0.273. The largest absolute Gasteiger partial charge is 0.507 e. The van der Waals surface area contributed by atoms with Crippen molar-refractivity contribution in [3.63, 3.8) is 0 Å². The van der Waals surface area contributed by atoms with Crippen LogP contribution in [0.3, 0.4) is 0 Å². The second-order valence-electron chi connectivity index (χ2n) is 3.81. The first kappa shape index (κ1) is 11.8. The predicted octanol–water partition coefficient (Wildman–Crippen LogP) is 3.66. The Hall–Kier alpha value is -0.270. The van der Waals surface area contributed by atoms with Crippen LogP contribution in [-0.4, -0.2) is 12.8 Å². The van der Waals surface area contributed by atoms with Crippen LogP contribution in [0.25, 0.3) is 0 Å². The van der Waals surface area contributed by atoms with Crippen LogP contribution in [-0.2, 0) is 9.09 Å². The summed E-state index contributed by atoms with van der Waals surface area (Å²) >= 11 is 0. The fourth-order valence-electron chi connectivity index (χ4n) is 1.75. The summed E-state index contributed by atoms with van der Waals surface area (Å²) in [6.07, 6.45) is 1.31. The van der Waals surface area contributed by atoms with Crippen LogP contribution >= 0.6 is 8.03 Å². The van der Waals surface area contributed by atoms with Gasteiger partial charge in [-0.1, -0.05) is 6.92 Å². The maximum Gasteiger partial charge on any atom is 0.507 e. The van der Waals surface area contributed by atoms with Gasteiger partial charge in [0.15, 0.2) is 6.16 Å². The zero-order valence-electron chi connectivity index (χ0n) is 8.92. The standard InChI is InChI=1S/C10H17FO2P/c1-4-14(12)13-6-9-5-7(2)10(11)8(9)3/h7,9H,4-6H2,1-3H3/q+1/t7-,9-/m1/s1. The van der Waals surface area contributed by atoms with E-state index in [-0.39, 0.29) is 17.7 Å². The van der Waals surface area contributed by atoms with Gasteiger partial charge in [-0.15, -0.1) is 4.52 Å². The van der Waals surface area contributed by atoms with Gasteiger partial charge in [0.05, 0.1) is 0 Å². The molecule has 0 saturated heterocycles. The van der Waals surface area contributed by atoms with Crippen LogP contribution in [0.5, 0.6) is 0 Å². The Bertz CT molecular complexity index is 263. The molecule has 1 rings (SSSR count). The van der Waals surface area contributed by atoms with Gasteiger partial charge in [-0.05, 0) is 30.4 Å². The van der Waals surface area contributed by atoms with Crippen molar-refractivity contribution in [3.8, 4) is 0 Å². The fourth-order valence-corrected chi connectivity index (χ4v) is 2.28. The lowest BCUT2D eigenvalue weighted by Crippen LogP contribution is -2.05. The summed E-state index contributed by atoms with van der Waals surface area (Å²) in [6, 6.07) is 0. The summed E-state index contributed by atoms with van der Waals surface area (Å²) in [5, 5.41) is 0. The van der Waals surface area contributed by atoms with Crippen LogP contribution in [0.2, 0.25) is 0 Å². The summed E-state index contributed by atoms with van der Waals surface area (Å²) in [5.74, 6) is 0.115. The molecule has 0 heterocycles. The highest BCUT2D eigenvalue weighted by Crippen LogP contribution is 2.38. The third-order valence-corrected chi connectivity index (χ3v) is 3.69. The van der Waals surface area contributed by atoms with Crippen molar-refractivity contribution in [1.29, 1.82) is 0 Å². The molecule has 1 aliphatic rings. The zero-order chi connectivity index (χ0) is 10.7. The maximum atomic E-state index is 13.3. The Kier molecular flexibility index (Phi) is 4.21. The van der Waals surface area contributed by atoms with E-state index in [1.807, 2.05) is 13.8 Å². The van der Waals surface area contributed by atoms with Crippen LogP contribution in [0, 0.1) is 11.8 Å². The van der Waals surface area contributed by atoms with Crippen LogP contribution < -0.4 is 0 Å². The van der Waals surface area contributed by atoms with Crippen molar-refractivity contribution in [1.82, 2.24) is 0 Å². The van der Waals surface area contributed by atoms with Gasteiger partial charge in [0.25, 0.3) is 0 Å². The molecule has 0 bridgehead atoms. The van der Waals surface area contributed by atoms with E-state index < -0.39 is 8.03 Å². The van der Waals surface area contributed by atoms with Crippen molar-refractivity contribution in [2.24, 2.45) is 11.8 Å². The van der Waals surface area contributed by atoms with Crippen molar-refractivity contribution < 1.29 is 13.5 Å². The van der Waals surface area contributed by atoms with Gasteiger partial charge in [0, 0.05) is 11.8 Å². The van der Waals surface area contributed by atoms with E-state index in [0.717, 1.165) is 12.0 Å². The minimum atomic E-state index is -1.54. The fraction of sp³-hybridized carbons (Fsp3) is 0.800. The molecule has 2 nitrogen and oxygen atoms in total. The smallest absolute Gasteiger partial charge is 0.212 e. The van der Waals surface area contributed by atoms with Crippen LogP contribution in [0.1, 0.15) is 27.2 Å². The van der Waals surface area contributed by atoms with Crippen LogP contribution in [0.15, 0.2) is 11.4 Å². The highest BCUT2D eigenvalue weighted by atomic mass is 31.1. The molecule has 0 saturated carbocycles. The number of hydrogen-bond acceptors (Lipinski definition) is 2. The van der Waals surface area contributed by atoms with Crippen LogP contribution in [0.4, 0.5) is 4.39 Å². The highest BCUT2D eigenvalue weighted by molar-refractivity contribution is 7.39. The van der Waals surface area contributed by atoms with Crippen molar-refractivity contribution in [2.45, 2.75) is 27.2 Å². The van der Waals surface area contributed by atoms with Gasteiger partial charge in [-0.25, -0.2) is 4.39 Å². The minimum absolute atomic E-state index is 0.00288. The molecule has 14 heavy (non-hydrogen) atoms. The number of allylic oxidation sites excluding steroid dienone is 1. The normalized spacial score (nSPS) is 28.4. The second kappa shape index (κ2) is 4.99. The lowest BCUT2D eigenvalue weighted by atomic mass is 10.0.